The molecule has 6 heteroatoms. The summed E-state index contributed by atoms with van der Waals surface area (Å²) in [5, 5.41) is 0. The minimum Gasteiger partial charge on any atom is -0.337 e. The predicted octanol–water partition coefficient (Wildman–Crippen LogP) is 2.53. The summed E-state index contributed by atoms with van der Waals surface area (Å²) in [5.74, 6) is 0.341. The standard InChI is InChI=1S/C21H29N5O/c1-17-5-3-6-18(23-17)14-26-12-9-21(20(26)27)7-4-10-25(11-8-21)15-19-13-22-16-24(19)2/h3,5-6,13,16H,4,7-12,14-15H2,1-2H3. The maximum absolute atomic E-state index is 13.3. The number of carbonyl (C=O) groups is 1. The van der Waals surface area contributed by atoms with Gasteiger partial charge in [0.2, 0.25) is 5.91 Å². The summed E-state index contributed by atoms with van der Waals surface area (Å²) in [7, 11) is 2.04. The van der Waals surface area contributed by atoms with Crippen LogP contribution < -0.4 is 0 Å². The summed E-state index contributed by atoms with van der Waals surface area (Å²) in [6, 6.07) is 6.04. The minimum absolute atomic E-state index is 0.162. The Hall–Kier alpha value is -2.21. The summed E-state index contributed by atoms with van der Waals surface area (Å²) >= 11 is 0. The smallest absolute Gasteiger partial charge is 0.229 e. The van der Waals surface area contributed by atoms with E-state index in [9.17, 15) is 4.79 Å². The normalized spacial score (nSPS) is 23.9. The van der Waals surface area contributed by atoms with E-state index in [0.29, 0.717) is 12.5 Å². The van der Waals surface area contributed by atoms with Crippen molar-refractivity contribution in [3.63, 3.8) is 0 Å². The molecule has 6 nitrogen and oxygen atoms in total. The highest BCUT2D eigenvalue weighted by molar-refractivity contribution is 5.84. The molecule has 0 aromatic carbocycles. The average molecular weight is 367 g/mol. The van der Waals surface area contributed by atoms with Crippen molar-refractivity contribution in [3.05, 3.63) is 47.8 Å². The van der Waals surface area contributed by atoms with E-state index in [1.54, 1.807) is 0 Å². The zero-order valence-corrected chi connectivity index (χ0v) is 16.4. The van der Waals surface area contributed by atoms with Gasteiger partial charge in [-0.25, -0.2) is 4.98 Å². The molecule has 2 aromatic heterocycles. The molecule has 0 saturated carbocycles. The number of likely N-dealkylation sites (tertiary alicyclic amines) is 2. The summed E-state index contributed by atoms with van der Waals surface area (Å²) in [6.45, 7) is 6.45. The lowest BCUT2D eigenvalue weighted by molar-refractivity contribution is -0.137. The first kappa shape index (κ1) is 18.2. The highest BCUT2D eigenvalue weighted by atomic mass is 16.2. The van der Waals surface area contributed by atoms with Crippen molar-refractivity contribution < 1.29 is 4.79 Å². The predicted molar refractivity (Wildman–Crippen MR) is 104 cm³/mol. The highest BCUT2D eigenvalue weighted by Gasteiger charge is 2.46. The van der Waals surface area contributed by atoms with Crippen LogP contribution in [0, 0.1) is 12.3 Å². The molecular formula is C21H29N5O. The number of imidazole rings is 1. The topological polar surface area (TPSA) is 54.3 Å². The van der Waals surface area contributed by atoms with Crippen LogP contribution in [-0.4, -0.2) is 49.9 Å². The van der Waals surface area contributed by atoms with Crippen LogP contribution in [0.5, 0.6) is 0 Å². The molecule has 4 heterocycles. The van der Waals surface area contributed by atoms with Crippen molar-refractivity contribution in [2.24, 2.45) is 12.5 Å². The quantitative estimate of drug-likeness (QED) is 0.833. The van der Waals surface area contributed by atoms with Crippen molar-refractivity contribution in [1.29, 1.82) is 0 Å². The van der Waals surface area contributed by atoms with Gasteiger partial charge < -0.3 is 9.47 Å². The van der Waals surface area contributed by atoms with Gasteiger partial charge in [0.15, 0.2) is 0 Å². The van der Waals surface area contributed by atoms with E-state index in [1.165, 1.54) is 5.69 Å². The molecule has 2 fully saturated rings. The number of pyridine rings is 1. The van der Waals surface area contributed by atoms with Gasteiger partial charge in [-0.3, -0.25) is 14.7 Å². The van der Waals surface area contributed by atoms with Crippen LogP contribution in [0.3, 0.4) is 0 Å². The zero-order valence-electron chi connectivity index (χ0n) is 16.4. The van der Waals surface area contributed by atoms with Gasteiger partial charge in [-0.15, -0.1) is 0 Å². The summed E-state index contributed by atoms with van der Waals surface area (Å²) < 4.78 is 2.08. The largest absolute Gasteiger partial charge is 0.337 e. The molecule has 27 heavy (non-hydrogen) atoms. The molecule has 144 valence electrons. The molecule has 2 aliphatic heterocycles. The van der Waals surface area contributed by atoms with Gasteiger partial charge in [0.25, 0.3) is 0 Å². The molecule has 1 amide bonds. The first-order valence-electron chi connectivity index (χ1n) is 9.95. The molecule has 0 aliphatic carbocycles. The second-order valence-electron chi connectivity index (χ2n) is 8.15. The fourth-order valence-corrected chi connectivity index (χ4v) is 4.56. The van der Waals surface area contributed by atoms with Gasteiger partial charge in [0.05, 0.1) is 29.7 Å². The maximum atomic E-state index is 13.3. The Kier molecular flexibility index (Phi) is 5.00. The summed E-state index contributed by atoms with van der Waals surface area (Å²) in [5.41, 5.74) is 3.07. The molecule has 0 radical (unpaired) electrons. The van der Waals surface area contributed by atoms with Crippen LogP contribution >= 0.6 is 0 Å². The molecule has 4 rings (SSSR count). The molecule has 2 aromatic rings. The fourth-order valence-electron chi connectivity index (χ4n) is 4.56. The van der Waals surface area contributed by atoms with Crippen LogP contribution in [0.15, 0.2) is 30.7 Å². The van der Waals surface area contributed by atoms with Gasteiger partial charge in [-0.1, -0.05) is 6.07 Å². The molecule has 1 spiro atoms. The Bertz CT molecular complexity index is 816. The lowest BCUT2D eigenvalue weighted by atomic mass is 9.79. The third-order valence-electron chi connectivity index (χ3n) is 6.24. The molecular weight excluding hydrogens is 338 g/mol. The van der Waals surface area contributed by atoms with Crippen molar-refractivity contribution >= 4 is 5.91 Å². The van der Waals surface area contributed by atoms with Gasteiger partial charge in [-0.05, 0) is 57.8 Å². The lowest BCUT2D eigenvalue weighted by Crippen LogP contribution is -2.35. The second kappa shape index (κ2) is 7.43. The zero-order chi connectivity index (χ0) is 18.9. The number of rotatable bonds is 4. The number of nitrogens with zero attached hydrogens (tertiary/aromatic N) is 5. The van der Waals surface area contributed by atoms with Crippen molar-refractivity contribution in [1.82, 2.24) is 24.3 Å². The van der Waals surface area contributed by atoms with E-state index in [2.05, 4.69) is 19.4 Å². The van der Waals surface area contributed by atoms with E-state index in [4.69, 9.17) is 0 Å². The SMILES string of the molecule is Cc1cccc(CN2CCC3(CCCN(Cc4cncn4C)CC3)C2=O)n1. The minimum atomic E-state index is -0.162. The lowest BCUT2D eigenvalue weighted by Gasteiger charge is -2.26. The number of aromatic nitrogens is 3. The van der Waals surface area contributed by atoms with Gasteiger partial charge >= 0.3 is 0 Å². The maximum Gasteiger partial charge on any atom is 0.229 e. The second-order valence-corrected chi connectivity index (χ2v) is 8.15. The summed E-state index contributed by atoms with van der Waals surface area (Å²) in [6.07, 6.45) is 7.83. The molecule has 0 bridgehead atoms. The van der Waals surface area contributed by atoms with E-state index < -0.39 is 0 Å². The fraction of sp³-hybridized carbons (Fsp3) is 0.571. The molecule has 2 saturated heterocycles. The van der Waals surface area contributed by atoms with E-state index in [1.807, 2.05) is 49.6 Å². The Labute approximate surface area is 161 Å². The van der Waals surface area contributed by atoms with Gasteiger partial charge in [0, 0.05) is 32.0 Å². The van der Waals surface area contributed by atoms with Crippen LogP contribution in [-0.2, 0) is 24.9 Å². The van der Waals surface area contributed by atoms with Gasteiger partial charge in [-0.2, -0.15) is 0 Å². The van der Waals surface area contributed by atoms with Crippen molar-refractivity contribution in [3.8, 4) is 0 Å². The Morgan fingerprint density at radius 1 is 1.11 bits per heavy atom. The van der Waals surface area contributed by atoms with E-state index in [0.717, 1.165) is 63.3 Å². The van der Waals surface area contributed by atoms with Crippen molar-refractivity contribution in [2.75, 3.05) is 19.6 Å². The van der Waals surface area contributed by atoms with Gasteiger partial charge in [0.1, 0.15) is 0 Å². The van der Waals surface area contributed by atoms with Crippen LogP contribution in [0.1, 0.15) is 42.8 Å². The van der Waals surface area contributed by atoms with Crippen LogP contribution in [0.25, 0.3) is 0 Å². The average Bonchev–Trinajstić information content (AvgIpc) is 3.09. The molecule has 2 aliphatic rings. The Morgan fingerprint density at radius 3 is 2.74 bits per heavy atom. The van der Waals surface area contributed by atoms with Crippen molar-refractivity contribution in [2.45, 2.75) is 45.7 Å². The monoisotopic (exact) mass is 367 g/mol. The number of aryl methyl sites for hydroxylation is 2. The first-order chi connectivity index (χ1) is 13.1. The third-order valence-corrected chi connectivity index (χ3v) is 6.24. The Morgan fingerprint density at radius 2 is 1.96 bits per heavy atom. The number of hydrogen-bond acceptors (Lipinski definition) is 4. The molecule has 0 N–H and O–H groups in total. The third kappa shape index (κ3) is 3.76. The van der Waals surface area contributed by atoms with Crippen LogP contribution in [0.2, 0.25) is 0 Å². The number of carbonyl (C=O) groups excluding carboxylic acids is 1. The Balaban J connectivity index is 1.40. The highest BCUT2D eigenvalue weighted by Crippen LogP contribution is 2.42. The van der Waals surface area contributed by atoms with E-state index in [-0.39, 0.29) is 5.41 Å². The number of hydrogen-bond donors (Lipinski definition) is 0. The molecule has 1 unspecified atom stereocenters. The molecule has 1 atom stereocenters. The van der Waals surface area contributed by atoms with Crippen LogP contribution in [0.4, 0.5) is 0 Å². The summed E-state index contributed by atoms with van der Waals surface area (Å²) in [4.78, 5) is 26.6. The number of amides is 1. The first-order valence-corrected chi connectivity index (χ1v) is 9.95. The van der Waals surface area contributed by atoms with E-state index >= 15 is 0 Å².